The van der Waals surface area contributed by atoms with Crippen LogP contribution in [0.4, 0.5) is 10.5 Å². The number of carbonyl (C=O) groups excluding carboxylic acids is 2. The van der Waals surface area contributed by atoms with Crippen molar-refractivity contribution < 1.29 is 23.8 Å². The van der Waals surface area contributed by atoms with Crippen molar-refractivity contribution in [1.29, 1.82) is 0 Å². The molecular weight excluding hydrogens is 360 g/mol. The Kier molecular flexibility index (Phi) is 7.14. The molecule has 1 aliphatic carbocycles. The lowest BCUT2D eigenvalue weighted by atomic mass is 9.75. The molecule has 2 atom stereocenters. The van der Waals surface area contributed by atoms with E-state index in [1.807, 2.05) is 4.90 Å². The highest BCUT2D eigenvalue weighted by Gasteiger charge is 2.33. The van der Waals surface area contributed by atoms with Gasteiger partial charge in [0.1, 0.15) is 12.4 Å². The van der Waals surface area contributed by atoms with Crippen molar-refractivity contribution in [3.63, 3.8) is 0 Å². The normalized spacial score (nSPS) is 21.6. The van der Waals surface area contributed by atoms with Gasteiger partial charge in [-0.15, -0.1) is 0 Å². The topological polar surface area (TPSA) is 77.1 Å². The van der Waals surface area contributed by atoms with Gasteiger partial charge >= 0.3 is 6.09 Å². The van der Waals surface area contributed by atoms with Crippen LogP contribution in [-0.2, 0) is 9.47 Å². The number of fused-ring (bicyclic) bond motifs is 1. The second-order valence-corrected chi connectivity index (χ2v) is 7.51. The van der Waals surface area contributed by atoms with Gasteiger partial charge in [-0.05, 0) is 36.8 Å². The van der Waals surface area contributed by atoms with E-state index < -0.39 is 6.09 Å². The van der Waals surface area contributed by atoms with Gasteiger partial charge in [0.2, 0.25) is 0 Å². The molecule has 1 aliphatic heterocycles. The number of carbonyl (C=O) groups is 2. The van der Waals surface area contributed by atoms with E-state index in [-0.39, 0.29) is 12.5 Å². The highest BCUT2D eigenvalue weighted by atomic mass is 16.6. The Balaban J connectivity index is 1.64. The van der Waals surface area contributed by atoms with Crippen LogP contribution in [0.25, 0.3) is 0 Å². The number of rotatable bonds is 6. The molecule has 0 radical (unpaired) electrons. The molecule has 1 heterocycles. The summed E-state index contributed by atoms with van der Waals surface area (Å²) in [6.07, 6.45) is 5.64. The number of hydrogen-bond donors (Lipinski definition) is 1. The Hall–Kier alpha value is -2.28. The summed E-state index contributed by atoms with van der Waals surface area (Å²) in [5.74, 6) is 1.84. The lowest BCUT2D eigenvalue weighted by Crippen LogP contribution is -2.44. The first-order valence-electron chi connectivity index (χ1n) is 10.0. The van der Waals surface area contributed by atoms with Crippen LogP contribution in [-0.4, -0.2) is 57.4 Å². The summed E-state index contributed by atoms with van der Waals surface area (Å²) in [7, 11) is 3.07. The monoisotopic (exact) mass is 390 g/mol. The van der Waals surface area contributed by atoms with E-state index in [9.17, 15) is 9.59 Å². The Bertz CT molecular complexity index is 693. The smallest absolute Gasteiger partial charge is 0.411 e. The van der Waals surface area contributed by atoms with Crippen molar-refractivity contribution >= 4 is 17.7 Å². The zero-order valence-corrected chi connectivity index (χ0v) is 16.7. The van der Waals surface area contributed by atoms with Crippen molar-refractivity contribution in [2.45, 2.75) is 32.1 Å². The van der Waals surface area contributed by atoms with Gasteiger partial charge in [-0.2, -0.15) is 0 Å². The van der Waals surface area contributed by atoms with Crippen LogP contribution in [0, 0.1) is 11.8 Å². The van der Waals surface area contributed by atoms with Crippen LogP contribution in [0.5, 0.6) is 5.75 Å². The van der Waals surface area contributed by atoms with Crippen LogP contribution in [0.15, 0.2) is 18.2 Å². The molecule has 1 aromatic rings. The van der Waals surface area contributed by atoms with Crippen LogP contribution in [0.1, 0.15) is 42.5 Å². The van der Waals surface area contributed by atoms with Gasteiger partial charge < -0.3 is 19.1 Å². The Morgan fingerprint density at radius 3 is 2.64 bits per heavy atom. The molecule has 0 spiro atoms. The van der Waals surface area contributed by atoms with Gasteiger partial charge in [-0.25, -0.2) is 4.79 Å². The van der Waals surface area contributed by atoms with E-state index in [0.717, 1.165) is 25.4 Å². The van der Waals surface area contributed by atoms with E-state index in [1.165, 1.54) is 32.8 Å². The first-order chi connectivity index (χ1) is 13.6. The molecule has 0 unspecified atom stereocenters. The second-order valence-electron chi connectivity index (χ2n) is 7.51. The average molecular weight is 390 g/mol. The number of likely N-dealkylation sites (tertiary alicyclic amines) is 1. The maximum Gasteiger partial charge on any atom is 0.411 e. The van der Waals surface area contributed by atoms with Crippen LogP contribution in [0.3, 0.4) is 0 Å². The van der Waals surface area contributed by atoms with Crippen LogP contribution in [0.2, 0.25) is 0 Å². The van der Waals surface area contributed by atoms with Crippen molar-refractivity contribution in [2.75, 3.05) is 45.8 Å². The SMILES string of the molecule is COCCOC(=O)Nc1ccc(C(=O)N2CC[C@H]3CCCC[C@H]3C2)c(OC)c1. The third-order valence-corrected chi connectivity index (χ3v) is 5.78. The summed E-state index contributed by atoms with van der Waals surface area (Å²) >= 11 is 0. The Morgan fingerprint density at radius 1 is 1.11 bits per heavy atom. The molecule has 1 N–H and O–H groups in total. The lowest BCUT2D eigenvalue weighted by molar-refractivity contribution is 0.0518. The summed E-state index contributed by atoms with van der Waals surface area (Å²) in [5, 5.41) is 2.64. The third-order valence-electron chi connectivity index (χ3n) is 5.78. The summed E-state index contributed by atoms with van der Waals surface area (Å²) in [6.45, 7) is 2.14. The molecule has 1 saturated heterocycles. The molecule has 1 aromatic carbocycles. The number of ether oxygens (including phenoxy) is 3. The molecule has 28 heavy (non-hydrogen) atoms. The molecule has 3 rings (SSSR count). The zero-order chi connectivity index (χ0) is 19.9. The Labute approximate surface area is 166 Å². The third kappa shape index (κ3) is 4.95. The minimum atomic E-state index is -0.572. The van der Waals surface area contributed by atoms with Crippen molar-refractivity contribution in [3.8, 4) is 5.75 Å². The fourth-order valence-electron chi connectivity index (χ4n) is 4.27. The van der Waals surface area contributed by atoms with Crippen molar-refractivity contribution in [3.05, 3.63) is 23.8 Å². The largest absolute Gasteiger partial charge is 0.496 e. The van der Waals surface area contributed by atoms with Gasteiger partial charge in [0, 0.05) is 32.0 Å². The fraction of sp³-hybridized carbons (Fsp3) is 0.619. The molecule has 154 valence electrons. The number of nitrogens with zero attached hydrogens (tertiary/aromatic N) is 1. The quantitative estimate of drug-likeness (QED) is 0.752. The van der Waals surface area contributed by atoms with Gasteiger partial charge in [0.15, 0.2) is 0 Å². The first-order valence-corrected chi connectivity index (χ1v) is 10.0. The summed E-state index contributed by atoms with van der Waals surface area (Å²) in [4.78, 5) is 26.8. The number of methoxy groups -OCH3 is 2. The zero-order valence-electron chi connectivity index (χ0n) is 16.7. The molecule has 2 aliphatic rings. The predicted octanol–water partition coefficient (Wildman–Crippen LogP) is 3.54. The van der Waals surface area contributed by atoms with Crippen molar-refractivity contribution in [2.24, 2.45) is 11.8 Å². The van der Waals surface area contributed by atoms with E-state index in [2.05, 4.69) is 5.32 Å². The number of nitrogens with one attached hydrogen (secondary N) is 1. The molecule has 7 heteroatoms. The van der Waals surface area contributed by atoms with E-state index in [4.69, 9.17) is 14.2 Å². The predicted molar refractivity (Wildman–Crippen MR) is 106 cm³/mol. The summed E-state index contributed by atoms with van der Waals surface area (Å²) in [6, 6.07) is 5.05. The molecule has 2 fully saturated rings. The molecular formula is C21H30N2O5. The van der Waals surface area contributed by atoms with Gasteiger partial charge in [0.25, 0.3) is 5.91 Å². The number of benzene rings is 1. The number of piperidine rings is 1. The minimum absolute atomic E-state index is 0.00454. The van der Waals surface area contributed by atoms with E-state index >= 15 is 0 Å². The number of hydrogen-bond acceptors (Lipinski definition) is 5. The Morgan fingerprint density at radius 2 is 1.89 bits per heavy atom. The standard InChI is InChI=1S/C21H30N2O5/c1-26-11-12-28-21(25)22-17-7-8-18(19(13-17)27-2)20(24)23-10-9-15-5-3-4-6-16(15)14-23/h7-8,13,15-16H,3-6,9-12,14H2,1-2H3,(H,22,25)/t15-,16+/m1/s1. The number of anilines is 1. The maximum absolute atomic E-state index is 13.1. The van der Waals surface area contributed by atoms with Gasteiger partial charge in [0.05, 0.1) is 19.3 Å². The van der Waals surface area contributed by atoms with Crippen molar-refractivity contribution in [1.82, 2.24) is 4.90 Å². The van der Waals surface area contributed by atoms with Crippen LogP contribution < -0.4 is 10.1 Å². The van der Waals surface area contributed by atoms with E-state index in [1.54, 1.807) is 25.3 Å². The molecule has 1 saturated carbocycles. The van der Waals surface area contributed by atoms with Gasteiger partial charge in [-0.3, -0.25) is 10.1 Å². The summed E-state index contributed by atoms with van der Waals surface area (Å²) < 4.78 is 15.3. The summed E-state index contributed by atoms with van der Waals surface area (Å²) in [5.41, 5.74) is 1.04. The highest BCUT2D eigenvalue weighted by Crippen LogP contribution is 2.37. The van der Waals surface area contributed by atoms with Gasteiger partial charge in [-0.1, -0.05) is 19.3 Å². The molecule has 2 amide bonds. The lowest BCUT2D eigenvalue weighted by Gasteiger charge is -2.41. The maximum atomic E-state index is 13.1. The number of amides is 2. The first kappa shape index (κ1) is 20.5. The minimum Gasteiger partial charge on any atom is -0.496 e. The average Bonchev–Trinajstić information content (AvgIpc) is 2.73. The molecule has 0 aromatic heterocycles. The van der Waals surface area contributed by atoms with Crippen LogP contribution >= 0.6 is 0 Å². The molecule has 0 bridgehead atoms. The second kappa shape index (κ2) is 9.78. The van der Waals surface area contributed by atoms with E-state index in [0.29, 0.717) is 29.5 Å². The fourth-order valence-corrected chi connectivity index (χ4v) is 4.27. The molecule has 7 nitrogen and oxygen atoms in total. The highest BCUT2D eigenvalue weighted by molar-refractivity contribution is 5.98.